The zero-order valence-electron chi connectivity index (χ0n) is 37.7. The molecule has 0 aliphatic carbocycles. The maximum Gasteiger partial charge on any atom is 0.242 e. The van der Waals surface area contributed by atoms with E-state index in [-0.39, 0.29) is 24.3 Å². The second-order valence-corrected chi connectivity index (χ2v) is 13.0. The Balaban J connectivity index is 0. The lowest BCUT2D eigenvalue weighted by molar-refractivity contribution is -0.133. The Hall–Kier alpha value is -6.57. The van der Waals surface area contributed by atoms with Gasteiger partial charge in [-0.1, -0.05) is 96.5 Å². The number of hydrogen-bond acceptors (Lipinski definition) is 8. The van der Waals surface area contributed by atoms with Crippen LogP contribution in [0.15, 0.2) is 86.5 Å². The van der Waals surface area contributed by atoms with Crippen molar-refractivity contribution in [2.45, 2.75) is 99.6 Å². The number of amides is 3. The van der Waals surface area contributed by atoms with Gasteiger partial charge in [0.15, 0.2) is 5.88 Å². The zero-order valence-corrected chi connectivity index (χ0v) is 37.7. The molecule has 0 aliphatic heterocycles. The van der Waals surface area contributed by atoms with Gasteiger partial charge in [-0.2, -0.15) is 0 Å². The number of imidazole rings is 2. The number of nitrogens with two attached hydrogens (primary N) is 1. The second-order valence-electron chi connectivity index (χ2n) is 13.0. The third-order valence-corrected chi connectivity index (χ3v) is 8.14. The Morgan fingerprint density at radius 1 is 0.672 bits per heavy atom. The van der Waals surface area contributed by atoms with E-state index in [9.17, 15) is 14.4 Å². The fourth-order valence-electron chi connectivity index (χ4n) is 5.38. The molecule has 13 heteroatoms. The molecular formula is C48H71N9O4. The Bertz CT molecular complexity index is 1810. The van der Waals surface area contributed by atoms with Crippen LogP contribution in [0.4, 0.5) is 0 Å². The van der Waals surface area contributed by atoms with Gasteiger partial charge in [-0.05, 0) is 54.5 Å². The van der Waals surface area contributed by atoms with Crippen molar-refractivity contribution < 1.29 is 19.1 Å². The van der Waals surface area contributed by atoms with Gasteiger partial charge in [-0.3, -0.25) is 19.8 Å². The van der Waals surface area contributed by atoms with Crippen molar-refractivity contribution in [3.8, 4) is 59.3 Å². The molecule has 2 heterocycles. The normalized spacial score (nSPS) is 9.38. The highest BCUT2D eigenvalue weighted by Gasteiger charge is 2.17. The van der Waals surface area contributed by atoms with Gasteiger partial charge in [0.25, 0.3) is 0 Å². The summed E-state index contributed by atoms with van der Waals surface area (Å²) in [5, 5.41) is 2.71. The summed E-state index contributed by atoms with van der Waals surface area (Å²) in [6.45, 7) is 23.8. The molecule has 0 saturated carbocycles. The molecular weight excluding hydrogens is 767 g/mol. The van der Waals surface area contributed by atoms with Gasteiger partial charge in [-0.15, -0.1) is 38.9 Å². The van der Waals surface area contributed by atoms with Crippen molar-refractivity contribution >= 4 is 17.7 Å². The van der Waals surface area contributed by atoms with Crippen molar-refractivity contribution in [2.24, 2.45) is 5.84 Å². The van der Waals surface area contributed by atoms with E-state index in [0.29, 0.717) is 44.2 Å². The number of ether oxygens (including phenoxy) is 1. The molecule has 0 fully saturated rings. The lowest BCUT2D eigenvalue weighted by Gasteiger charge is -2.21. The number of aromatic nitrogens is 4. The third-order valence-electron chi connectivity index (χ3n) is 8.14. The van der Waals surface area contributed by atoms with E-state index < -0.39 is 0 Å². The molecule has 0 spiro atoms. The Morgan fingerprint density at radius 2 is 1.05 bits per heavy atom. The number of aromatic amines is 2. The van der Waals surface area contributed by atoms with Crippen LogP contribution >= 0.6 is 0 Å². The number of methoxy groups -OCH3 is 1. The summed E-state index contributed by atoms with van der Waals surface area (Å²) in [6.07, 6.45) is 25.2. The zero-order chi connectivity index (χ0) is 46.6. The fourth-order valence-corrected chi connectivity index (χ4v) is 5.38. The van der Waals surface area contributed by atoms with E-state index in [0.717, 1.165) is 71.7 Å². The molecule has 13 nitrogen and oxygen atoms in total. The quantitative estimate of drug-likeness (QED) is 0.0205. The van der Waals surface area contributed by atoms with Crippen LogP contribution < -0.4 is 16.6 Å². The molecule has 2 aromatic carbocycles. The number of hydrogen-bond donors (Lipinski definition) is 5. The van der Waals surface area contributed by atoms with Gasteiger partial charge >= 0.3 is 0 Å². The van der Waals surface area contributed by atoms with Crippen LogP contribution in [0.5, 0.6) is 0 Å². The van der Waals surface area contributed by atoms with Crippen molar-refractivity contribution in [3.05, 3.63) is 98.2 Å². The number of carbonyl (C=O) groups excluding carboxylic acids is 3. The summed E-state index contributed by atoms with van der Waals surface area (Å²) in [5.74, 6) is 6.61. The molecule has 61 heavy (non-hydrogen) atoms. The first kappa shape index (κ1) is 56.5. The molecule has 332 valence electrons. The molecule has 2 aromatic heterocycles. The van der Waals surface area contributed by atoms with Crippen LogP contribution in [-0.2, 0) is 32.2 Å². The van der Waals surface area contributed by atoms with Gasteiger partial charge in [0.1, 0.15) is 11.6 Å². The van der Waals surface area contributed by atoms with Crippen LogP contribution in [-0.4, -0.2) is 74.2 Å². The van der Waals surface area contributed by atoms with E-state index in [2.05, 4.69) is 150 Å². The molecule has 0 radical (unpaired) electrons. The third kappa shape index (κ3) is 21.8. The average Bonchev–Trinajstić information content (AvgIpc) is 3.98. The summed E-state index contributed by atoms with van der Waals surface area (Å²) in [7, 11) is 1.49. The Labute approximate surface area is 366 Å². The van der Waals surface area contributed by atoms with Crippen LogP contribution in [0.3, 0.4) is 0 Å². The Morgan fingerprint density at radius 3 is 1.38 bits per heavy atom. The first-order valence-corrected chi connectivity index (χ1v) is 20.5. The summed E-state index contributed by atoms with van der Waals surface area (Å²) in [5.41, 5.74) is 8.22. The average molecular weight is 838 g/mol. The first-order chi connectivity index (χ1) is 29.6. The van der Waals surface area contributed by atoms with Crippen molar-refractivity contribution in [2.75, 3.05) is 26.7 Å². The fraction of sp³-hybridized carbons (Fsp3) is 0.396. The highest BCUT2D eigenvalue weighted by Crippen LogP contribution is 2.27. The van der Waals surface area contributed by atoms with E-state index in [1.165, 1.54) is 13.5 Å². The topological polar surface area (TPSA) is 174 Å². The van der Waals surface area contributed by atoms with Gasteiger partial charge < -0.3 is 29.8 Å². The van der Waals surface area contributed by atoms with E-state index >= 15 is 0 Å². The predicted octanol–water partition coefficient (Wildman–Crippen LogP) is 8.61. The number of H-pyrrole nitrogens is 2. The van der Waals surface area contributed by atoms with Crippen LogP contribution in [0, 0.1) is 25.7 Å². The van der Waals surface area contributed by atoms with Crippen LogP contribution in [0.25, 0.3) is 33.6 Å². The summed E-state index contributed by atoms with van der Waals surface area (Å²) in [4.78, 5) is 56.4. The summed E-state index contributed by atoms with van der Waals surface area (Å²) >= 11 is 0. The molecule has 6 N–H and O–H groups in total. The smallest absolute Gasteiger partial charge is 0.242 e. The molecule has 0 atom stereocenters. The standard InChI is InChI=1S/C36H47N7O3.C3H8N2O.C3H8.C2H4.2C2H2/c1-5-9-34(44)39-23-36(46)43(20-8-4)25-33-38-22-31(41-33)29-17-13-27(14-18-29)26-11-15-28(16-12-26)30-21-37-32(40-30)24-42(19-7-3)35(45)10-6-2;1-3(5-4)6-2;1-3-2;3*1-2/h11-18,21-22H,5-10,19-20,23-25H2,1-4H3,(H,37,40)(H,38,41)(H,39,44);5H,1,4H2,2H3;3H2,1-2H3;1-2H2;2*1-2H. The number of benzene rings is 2. The monoisotopic (exact) mass is 838 g/mol. The molecule has 4 aromatic rings. The molecule has 0 bridgehead atoms. The highest BCUT2D eigenvalue weighted by molar-refractivity contribution is 5.84. The number of nitrogens with zero attached hydrogens (tertiary/aromatic N) is 4. The van der Waals surface area contributed by atoms with E-state index in [1.807, 2.05) is 31.9 Å². The van der Waals surface area contributed by atoms with Crippen molar-refractivity contribution in [3.63, 3.8) is 0 Å². The minimum Gasteiger partial charge on any atom is -0.482 e. The number of nitrogens with one attached hydrogen (secondary N) is 4. The molecule has 4 rings (SSSR count). The van der Waals surface area contributed by atoms with Gasteiger partial charge in [0.2, 0.25) is 17.7 Å². The highest BCUT2D eigenvalue weighted by atomic mass is 16.5. The number of hydrazine groups is 1. The second kappa shape index (κ2) is 35.4. The maximum absolute atomic E-state index is 12.8. The number of terminal acetylenes is 2. The lowest BCUT2D eigenvalue weighted by Crippen LogP contribution is -2.40. The van der Waals surface area contributed by atoms with Gasteiger partial charge in [-0.25, -0.2) is 15.8 Å². The maximum atomic E-state index is 12.8. The molecule has 0 unspecified atom stereocenters. The van der Waals surface area contributed by atoms with Gasteiger partial charge in [0.05, 0.1) is 50.5 Å². The predicted molar refractivity (Wildman–Crippen MR) is 252 cm³/mol. The summed E-state index contributed by atoms with van der Waals surface area (Å²) < 4.78 is 4.47. The van der Waals surface area contributed by atoms with Crippen molar-refractivity contribution in [1.29, 1.82) is 0 Å². The molecule has 0 aliphatic rings. The largest absolute Gasteiger partial charge is 0.482 e. The van der Waals surface area contributed by atoms with Gasteiger partial charge in [0, 0.05) is 25.9 Å². The van der Waals surface area contributed by atoms with Crippen LogP contribution in [0.1, 0.15) is 98.1 Å². The minimum atomic E-state index is -0.120. The lowest BCUT2D eigenvalue weighted by atomic mass is 10.0. The SMILES string of the molecule is C#C.C#C.C=C.C=C(NN)OC.CCC.CCCC(=O)NCC(=O)N(CCC)Cc1ncc(-c2ccc(-c3ccc(-c4cnc(CN(CCC)C(=O)CCC)[nH]4)cc3)cc2)[nH]1. The van der Waals surface area contributed by atoms with Crippen LogP contribution in [0.2, 0.25) is 0 Å². The minimum absolute atomic E-state index is 0.00313. The number of rotatable bonds is 19. The summed E-state index contributed by atoms with van der Waals surface area (Å²) in [6, 6.07) is 16.6. The number of carbonyl (C=O) groups is 3. The first-order valence-electron chi connectivity index (χ1n) is 20.5. The van der Waals surface area contributed by atoms with E-state index in [4.69, 9.17) is 5.84 Å². The van der Waals surface area contributed by atoms with E-state index in [1.54, 1.807) is 11.1 Å². The molecule has 0 saturated heterocycles. The van der Waals surface area contributed by atoms with Crippen molar-refractivity contribution in [1.82, 2.24) is 40.5 Å². The molecule has 3 amide bonds. The Kier molecular flexibility index (Phi) is 32.8.